The van der Waals surface area contributed by atoms with Gasteiger partial charge in [-0.05, 0) is 74.8 Å². The van der Waals surface area contributed by atoms with Gasteiger partial charge in [-0.3, -0.25) is 0 Å². The molecular weight excluding hydrogens is 316 g/mol. The van der Waals surface area contributed by atoms with Gasteiger partial charge in [0.25, 0.3) is 0 Å². The van der Waals surface area contributed by atoms with Gasteiger partial charge in [0.15, 0.2) is 0 Å². The van der Waals surface area contributed by atoms with E-state index in [1.54, 1.807) is 0 Å². The van der Waals surface area contributed by atoms with E-state index in [0.717, 1.165) is 40.6 Å². The van der Waals surface area contributed by atoms with E-state index in [1.807, 2.05) is 24.3 Å². The van der Waals surface area contributed by atoms with Gasteiger partial charge in [-0.25, -0.2) is 4.98 Å². The molecule has 3 nitrogen and oxygen atoms in total. The van der Waals surface area contributed by atoms with Crippen LogP contribution in [-0.4, -0.2) is 9.97 Å². The van der Waals surface area contributed by atoms with E-state index >= 15 is 0 Å². The summed E-state index contributed by atoms with van der Waals surface area (Å²) in [5, 5.41) is 1.13. The van der Waals surface area contributed by atoms with E-state index in [1.165, 1.54) is 28.0 Å². The van der Waals surface area contributed by atoms with Crippen molar-refractivity contribution in [1.29, 1.82) is 0 Å². The fourth-order valence-corrected chi connectivity index (χ4v) is 4.79. The summed E-state index contributed by atoms with van der Waals surface area (Å²) >= 11 is 1.82. The van der Waals surface area contributed by atoms with Gasteiger partial charge in [-0.2, -0.15) is 4.98 Å². The van der Waals surface area contributed by atoms with Crippen LogP contribution in [0.25, 0.3) is 10.2 Å². The van der Waals surface area contributed by atoms with Gasteiger partial charge in [0.1, 0.15) is 16.4 Å². The summed E-state index contributed by atoms with van der Waals surface area (Å²) in [5.41, 5.74) is 3.91. The van der Waals surface area contributed by atoms with Crippen molar-refractivity contribution >= 4 is 21.6 Å². The summed E-state index contributed by atoms with van der Waals surface area (Å²) in [5.74, 6) is 3.09. The highest BCUT2D eigenvalue weighted by atomic mass is 32.1. The van der Waals surface area contributed by atoms with Gasteiger partial charge in [0, 0.05) is 4.88 Å². The Morgan fingerprint density at radius 2 is 1.96 bits per heavy atom. The standard InChI is InChI=1S/C20H22N2OS/c1-11-5-8-16-17(9-11)24-20-18(16)19(21-14(4)22-20)23-15-7-6-12(2)13(3)10-15/h6-7,10-11H,5,8-9H2,1-4H3/t11-/m1/s1. The average molecular weight is 338 g/mol. The Morgan fingerprint density at radius 1 is 1.12 bits per heavy atom. The highest BCUT2D eigenvalue weighted by Crippen LogP contribution is 2.41. The lowest BCUT2D eigenvalue weighted by molar-refractivity contribution is 0.464. The van der Waals surface area contributed by atoms with Crippen LogP contribution in [0.15, 0.2) is 18.2 Å². The van der Waals surface area contributed by atoms with Gasteiger partial charge in [0.05, 0.1) is 5.39 Å². The molecule has 124 valence electrons. The smallest absolute Gasteiger partial charge is 0.231 e. The molecule has 0 amide bonds. The molecule has 0 spiro atoms. The maximum atomic E-state index is 6.22. The van der Waals surface area contributed by atoms with Crippen molar-refractivity contribution in [3.05, 3.63) is 45.6 Å². The number of thiophene rings is 1. The van der Waals surface area contributed by atoms with Crippen LogP contribution in [0, 0.1) is 26.7 Å². The van der Waals surface area contributed by atoms with Gasteiger partial charge < -0.3 is 4.74 Å². The number of nitrogens with zero attached hydrogens (tertiary/aromatic N) is 2. The largest absolute Gasteiger partial charge is 0.438 e. The Labute approximate surface area is 146 Å². The number of aryl methyl sites for hydroxylation is 4. The van der Waals surface area contributed by atoms with E-state index in [4.69, 9.17) is 4.74 Å². The molecule has 0 fully saturated rings. The number of rotatable bonds is 2. The van der Waals surface area contributed by atoms with Crippen molar-refractivity contribution in [1.82, 2.24) is 9.97 Å². The van der Waals surface area contributed by atoms with Gasteiger partial charge in [-0.1, -0.05) is 13.0 Å². The first kappa shape index (κ1) is 15.6. The minimum Gasteiger partial charge on any atom is -0.438 e. The van der Waals surface area contributed by atoms with E-state index < -0.39 is 0 Å². The van der Waals surface area contributed by atoms with Crippen LogP contribution in [0.2, 0.25) is 0 Å². The fraction of sp³-hybridized carbons (Fsp3) is 0.400. The minimum absolute atomic E-state index is 0.716. The molecular formula is C20H22N2OS. The minimum atomic E-state index is 0.716. The first-order chi connectivity index (χ1) is 11.5. The molecule has 1 atom stereocenters. The van der Waals surface area contributed by atoms with Crippen molar-refractivity contribution in [3.63, 3.8) is 0 Å². The third-order valence-electron chi connectivity index (χ3n) is 4.93. The summed E-state index contributed by atoms with van der Waals surface area (Å²) in [6.45, 7) is 8.49. The second kappa shape index (κ2) is 5.85. The van der Waals surface area contributed by atoms with Gasteiger partial charge in [0.2, 0.25) is 5.88 Å². The lowest BCUT2D eigenvalue weighted by Crippen LogP contribution is -2.08. The molecule has 1 aliphatic rings. The van der Waals surface area contributed by atoms with Crippen molar-refractivity contribution < 1.29 is 4.74 Å². The number of hydrogen-bond acceptors (Lipinski definition) is 4. The Balaban J connectivity index is 1.83. The molecule has 24 heavy (non-hydrogen) atoms. The highest BCUT2D eigenvalue weighted by molar-refractivity contribution is 7.18. The second-order valence-corrected chi connectivity index (χ2v) is 8.04. The maximum absolute atomic E-state index is 6.22. The number of benzene rings is 1. The average Bonchev–Trinajstić information content (AvgIpc) is 2.87. The van der Waals surface area contributed by atoms with Crippen LogP contribution in [0.4, 0.5) is 0 Å². The zero-order valence-corrected chi connectivity index (χ0v) is 15.5. The summed E-state index contributed by atoms with van der Waals surface area (Å²) in [7, 11) is 0. The van der Waals surface area contributed by atoms with Crippen LogP contribution in [-0.2, 0) is 12.8 Å². The quantitative estimate of drug-likeness (QED) is 0.616. The first-order valence-corrected chi connectivity index (χ1v) is 9.37. The number of hydrogen-bond donors (Lipinski definition) is 0. The summed E-state index contributed by atoms with van der Waals surface area (Å²) < 4.78 is 6.22. The molecule has 0 radical (unpaired) electrons. The van der Waals surface area contributed by atoms with Crippen molar-refractivity contribution in [2.75, 3.05) is 0 Å². The molecule has 0 saturated heterocycles. The van der Waals surface area contributed by atoms with E-state index in [2.05, 4.69) is 42.9 Å². The molecule has 2 aromatic heterocycles. The second-order valence-electron chi connectivity index (χ2n) is 6.96. The molecule has 0 unspecified atom stereocenters. The maximum Gasteiger partial charge on any atom is 0.231 e. The Hall–Kier alpha value is -1.94. The molecule has 2 heterocycles. The molecule has 1 aliphatic carbocycles. The van der Waals surface area contributed by atoms with E-state index in [9.17, 15) is 0 Å². The monoisotopic (exact) mass is 338 g/mol. The molecule has 4 rings (SSSR count). The Bertz CT molecular complexity index is 929. The summed E-state index contributed by atoms with van der Waals surface area (Å²) in [4.78, 5) is 11.8. The zero-order valence-electron chi connectivity index (χ0n) is 14.6. The predicted molar refractivity (Wildman–Crippen MR) is 99.3 cm³/mol. The third-order valence-corrected chi connectivity index (χ3v) is 6.07. The summed E-state index contributed by atoms with van der Waals surface area (Å²) in [6, 6.07) is 6.20. The summed E-state index contributed by atoms with van der Waals surface area (Å²) in [6.07, 6.45) is 3.49. The van der Waals surface area contributed by atoms with Crippen LogP contribution in [0.3, 0.4) is 0 Å². The van der Waals surface area contributed by atoms with Gasteiger partial charge >= 0.3 is 0 Å². The highest BCUT2D eigenvalue weighted by Gasteiger charge is 2.24. The van der Waals surface area contributed by atoms with Crippen molar-refractivity contribution in [2.45, 2.75) is 47.0 Å². The molecule has 0 aliphatic heterocycles. The van der Waals surface area contributed by atoms with Crippen molar-refractivity contribution in [2.24, 2.45) is 5.92 Å². The van der Waals surface area contributed by atoms with Crippen LogP contribution < -0.4 is 4.74 Å². The topological polar surface area (TPSA) is 35.0 Å². The predicted octanol–water partition coefficient (Wildman–Crippen LogP) is 5.53. The Morgan fingerprint density at radius 3 is 2.75 bits per heavy atom. The Kier molecular flexibility index (Phi) is 3.80. The van der Waals surface area contributed by atoms with Crippen LogP contribution in [0.1, 0.15) is 40.7 Å². The molecule has 0 saturated carbocycles. The lowest BCUT2D eigenvalue weighted by atomic mass is 9.89. The zero-order chi connectivity index (χ0) is 16.8. The van der Waals surface area contributed by atoms with Crippen LogP contribution >= 0.6 is 11.3 Å². The third kappa shape index (κ3) is 2.69. The molecule has 3 aromatic rings. The number of ether oxygens (including phenoxy) is 1. The molecule has 4 heteroatoms. The molecule has 0 bridgehead atoms. The lowest BCUT2D eigenvalue weighted by Gasteiger charge is -2.18. The van der Waals surface area contributed by atoms with E-state index in [-0.39, 0.29) is 0 Å². The molecule has 1 aromatic carbocycles. The normalized spacial score (nSPS) is 17.1. The van der Waals surface area contributed by atoms with Gasteiger partial charge in [-0.15, -0.1) is 11.3 Å². The fourth-order valence-electron chi connectivity index (χ4n) is 3.37. The SMILES string of the molecule is Cc1nc(Oc2ccc(C)c(C)c2)c2c3c(sc2n1)C[C@H](C)CC3. The number of aromatic nitrogens is 2. The first-order valence-electron chi connectivity index (χ1n) is 8.55. The van der Waals surface area contributed by atoms with E-state index in [0.29, 0.717) is 5.88 Å². The van der Waals surface area contributed by atoms with Crippen LogP contribution in [0.5, 0.6) is 11.6 Å². The molecule has 0 N–H and O–H groups in total. The van der Waals surface area contributed by atoms with Crippen molar-refractivity contribution in [3.8, 4) is 11.6 Å². The number of fused-ring (bicyclic) bond motifs is 3.